The predicted octanol–water partition coefficient (Wildman–Crippen LogP) is 5.34. The van der Waals surface area contributed by atoms with Crippen molar-refractivity contribution in [3.63, 3.8) is 0 Å². The van der Waals surface area contributed by atoms with E-state index in [1.807, 2.05) is 0 Å². The van der Waals surface area contributed by atoms with Gasteiger partial charge in [0, 0.05) is 6.04 Å². The Hall–Kier alpha value is -0.820. The van der Waals surface area contributed by atoms with E-state index >= 15 is 0 Å². The van der Waals surface area contributed by atoms with Gasteiger partial charge in [-0.2, -0.15) is 0 Å². The molecule has 2 N–H and O–H groups in total. The molecule has 0 aliphatic heterocycles. The minimum absolute atomic E-state index is 0.182. The maximum absolute atomic E-state index is 6.60. The van der Waals surface area contributed by atoms with Crippen LogP contribution in [0.5, 0.6) is 0 Å². The van der Waals surface area contributed by atoms with Gasteiger partial charge in [0.25, 0.3) is 0 Å². The second-order valence-corrected chi connectivity index (χ2v) is 7.55. The molecule has 1 fully saturated rings. The molecule has 0 bridgehead atoms. The Morgan fingerprint density at radius 1 is 1.10 bits per heavy atom. The van der Waals surface area contributed by atoms with Crippen molar-refractivity contribution in [3.05, 3.63) is 35.4 Å². The average molecular weight is 273 g/mol. The summed E-state index contributed by atoms with van der Waals surface area (Å²) >= 11 is 0. The highest BCUT2D eigenvalue weighted by molar-refractivity contribution is 5.30. The third-order valence-electron chi connectivity index (χ3n) is 5.68. The summed E-state index contributed by atoms with van der Waals surface area (Å²) in [6, 6.07) is 9.27. The number of benzene rings is 1. The number of nitrogens with two attached hydrogens (primary N) is 1. The maximum Gasteiger partial charge on any atom is 0.0349 e. The lowest BCUT2D eigenvalue weighted by Gasteiger charge is -2.39. The van der Waals surface area contributed by atoms with Crippen molar-refractivity contribution in [1.82, 2.24) is 0 Å². The van der Waals surface area contributed by atoms with Crippen LogP contribution < -0.4 is 5.73 Å². The molecule has 1 atom stereocenters. The SMILES string of the molecule is CCC(C)(C)c1ccc(C(N)C2(C)CCCCC2)cc1. The number of hydrogen-bond donors (Lipinski definition) is 1. The first-order valence-corrected chi connectivity index (χ1v) is 8.25. The smallest absolute Gasteiger partial charge is 0.0349 e. The van der Waals surface area contributed by atoms with Gasteiger partial charge in [-0.05, 0) is 41.2 Å². The first-order valence-electron chi connectivity index (χ1n) is 8.25. The zero-order valence-corrected chi connectivity index (χ0v) is 13.7. The summed E-state index contributed by atoms with van der Waals surface area (Å²) in [5.41, 5.74) is 9.88. The quantitative estimate of drug-likeness (QED) is 0.786. The molecule has 1 aromatic carbocycles. The fraction of sp³-hybridized carbons (Fsp3) is 0.684. The molecular weight excluding hydrogens is 242 g/mol. The first kappa shape index (κ1) is 15.6. The molecule has 1 heteroatoms. The summed E-state index contributed by atoms with van der Waals surface area (Å²) < 4.78 is 0. The van der Waals surface area contributed by atoms with E-state index in [0.717, 1.165) is 6.42 Å². The zero-order valence-electron chi connectivity index (χ0n) is 13.7. The van der Waals surface area contributed by atoms with E-state index in [0.29, 0.717) is 5.41 Å². The van der Waals surface area contributed by atoms with E-state index in [2.05, 4.69) is 52.0 Å². The molecule has 1 unspecified atom stereocenters. The molecule has 0 aromatic heterocycles. The lowest BCUT2D eigenvalue weighted by Crippen LogP contribution is -2.33. The highest BCUT2D eigenvalue weighted by Gasteiger charge is 2.34. The molecule has 20 heavy (non-hydrogen) atoms. The van der Waals surface area contributed by atoms with Gasteiger partial charge in [0.15, 0.2) is 0 Å². The predicted molar refractivity (Wildman–Crippen MR) is 87.9 cm³/mol. The number of hydrogen-bond acceptors (Lipinski definition) is 1. The lowest BCUT2D eigenvalue weighted by atomic mass is 9.69. The van der Waals surface area contributed by atoms with Crippen LogP contribution in [0, 0.1) is 5.41 Å². The van der Waals surface area contributed by atoms with Crippen LogP contribution >= 0.6 is 0 Å². The van der Waals surface area contributed by atoms with Crippen molar-refractivity contribution in [3.8, 4) is 0 Å². The van der Waals surface area contributed by atoms with Gasteiger partial charge in [0.1, 0.15) is 0 Å². The molecule has 112 valence electrons. The normalized spacial score (nSPS) is 20.6. The van der Waals surface area contributed by atoms with Crippen LogP contribution in [-0.2, 0) is 5.41 Å². The molecule has 2 rings (SSSR count). The van der Waals surface area contributed by atoms with Gasteiger partial charge in [-0.3, -0.25) is 0 Å². The minimum Gasteiger partial charge on any atom is -0.323 e. The fourth-order valence-corrected chi connectivity index (χ4v) is 3.42. The van der Waals surface area contributed by atoms with Crippen LogP contribution in [0.1, 0.15) is 83.4 Å². The number of rotatable bonds is 4. The second-order valence-electron chi connectivity index (χ2n) is 7.55. The Bertz CT molecular complexity index is 424. The van der Waals surface area contributed by atoms with Gasteiger partial charge >= 0.3 is 0 Å². The van der Waals surface area contributed by atoms with Crippen LogP contribution in [0.15, 0.2) is 24.3 Å². The van der Waals surface area contributed by atoms with Crippen LogP contribution in [0.4, 0.5) is 0 Å². The molecule has 1 aliphatic rings. The molecule has 0 heterocycles. The Kier molecular flexibility index (Phi) is 4.59. The fourth-order valence-electron chi connectivity index (χ4n) is 3.42. The van der Waals surface area contributed by atoms with E-state index < -0.39 is 0 Å². The molecule has 1 aliphatic carbocycles. The molecule has 0 spiro atoms. The topological polar surface area (TPSA) is 26.0 Å². The van der Waals surface area contributed by atoms with E-state index in [1.54, 1.807) is 0 Å². The Morgan fingerprint density at radius 2 is 1.65 bits per heavy atom. The summed E-state index contributed by atoms with van der Waals surface area (Å²) in [7, 11) is 0. The largest absolute Gasteiger partial charge is 0.323 e. The van der Waals surface area contributed by atoms with Crippen LogP contribution in [-0.4, -0.2) is 0 Å². The Morgan fingerprint density at radius 3 is 2.15 bits per heavy atom. The maximum atomic E-state index is 6.60. The Labute approximate surface area is 125 Å². The molecule has 0 saturated heterocycles. The van der Waals surface area contributed by atoms with E-state index in [9.17, 15) is 0 Å². The van der Waals surface area contributed by atoms with Crippen molar-refractivity contribution in [2.24, 2.45) is 11.1 Å². The zero-order chi connectivity index (χ0) is 14.8. The summed E-state index contributed by atoms with van der Waals surface area (Å²) in [4.78, 5) is 0. The van der Waals surface area contributed by atoms with Gasteiger partial charge in [0.05, 0.1) is 0 Å². The van der Waals surface area contributed by atoms with Gasteiger partial charge in [0.2, 0.25) is 0 Å². The first-order chi connectivity index (χ1) is 9.39. The highest BCUT2D eigenvalue weighted by atomic mass is 14.7. The highest BCUT2D eigenvalue weighted by Crippen LogP contribution is 2.44. The van der Waals surface area contributed by atoms with Crippen LogP contribution in [0.25, 0.3) is 0 Å². The molecule has 1 nitrogen and oxygen atoms in total. The minimum atomic E-state index is 0.182. The lowest BCUT2D eigenvalue weighted by molar-refractivity contribution is 0.170. The van der Waals surface area contributed by atoms with Crippen molar-refractivity contribution in [1.29, 1.82) is 0 Å². The standard InChI is InChI=1S/C19H31N/c1-5-18(2,3)16-11-9-15(10-12-16)17(20)19(4)13-7-6-8-14-19/h9-12,17H,5-8,13-14,20H2,1-4H3. The molecule has 1 aromatic rings. The van der Waals surface area contributed by atoms with Crippen molar-refractivity contribution in [2.75, 3.05) is 0 Å². The van der Waals surface area contributed by atoms with Crippen LogP contribution in [0.2, 0.25) is 0 Å². The van der Waals surface area contributed by atoms with E-state index in [4.69, 9.17) is 5.73 Å². The third kappa shape index (κ3) is 3.09. The summed E-state index contributed by atoms with van der Waals surface area (Å²) in [6.45, 7) is 9.25. The molecular formula is C19H31N. The second kappa shape index (κ2) is 5.89. The van der Waals surface area contributed by atoms with Gasteiger partial charge < -0.3 is 5.73 Å². The van der Waals surface area contributed by atoms with Crippen LogP contribution in [0.3, 0.4) is 0 Å². The summed E-state index contributed by atoms with van der Waals surface area (Å²) in [6.07, 6.45) is 7.77. The van der Waals surface area contributed by atoms with E-state index in [1.165, 1.54) is 43.2 Å². The molecule has 1 saturated carbocycles. The van der Waals surface area contributed by atoms with Gasteiger partial charge in [-0.25, -0.2) is 0 Å². The summed E-state index contributed by atoms with van der Waals surface area (Å²) in [5, 5.41) is 0. The summed E-state index contributed by atoms with van der Waals surface area (Å²) in [5.74, 6) is 0. The van der Waals surface area contributed by atoms with Gasteiger partial charge in [-0.1, -0.05) is 71.2 Å². The monoisotopic (exact) mass is 273 g/mol. The van der Waals surface area contributed by atoms with E-state index in [-0.39, 0.29) is 11.5 Å². The van der Waals surface area contributed by atoms with Crippen molar-refractivity contribution in [2.45, 2.75) is 77.7 Å². The van der Waals surface area contributed by atoms with Crippen molar-refractivity contribution < 1.29 is 0 Å². The third-order valence-corrected chi connectivity index (χ3v) is 5.68. The Balaban J connectivity index is 2.17. The molecule has 0 amide bonds. The van der Waals surface area contributed by atoms with Gasteiger partial charge in [-0.15, -0.1) is 0 Å². The van der Waals surface area contributed by atoms with Crippen molar-refractivity contribution >= 4 is 0 Å². The average Bonchev–Trinajstić information content (AvgIpc) is 2.47. The molecule has 0 radical (unpaired) electrons.